The fraction of sp³-hybridized carbons (Fsp3) is 0.211. The molecule has 8 heteroatoms. The quantitative estimate of drug-likeness (QED) is 0.582. The molecular formula is C19H20BrN3O3S. The van der Waals surface area contributed by atoms with Crippen molar-refractivity contribution in [3.63, 3.8) is 0 Å². The van der Waals surface area contributed by atoms with E-state index in [1.165, 1.54) is 0 Å². The third-order valence-electron chi connectivity index (χ3n) is 3.35. The van der Waals surface area contributed by atoms with Crippen molar-refractivity contribution in [3.05, 3.63) is 53.0 Å². The van der Waals surface area contributed by atoms with Crippen LogP contribution >= 0.6 is 28.1 Å². The van der Waals surface area contributed by atoms with Crippen LogP contribution in [0.4, 0.5) is 11.4 Å². The molecule has 3 N–H and O–H groups in total. The van der Waals surface area contributed by atoms with Gasteiger partial charge in [-0.2, -0.15) is 0 Å². The van der Waals surface area contributed by atoms with E-state index in [0.717, 1.165) is 4.47 Å². The maximum Gasteiger partial charge on any atom is 0.264 e. The van der Waals surface area contributed by atoms with Gasteiger partial charge in [0.2, 0.25) is 5.91 Å². The Bertz CT molecular complexity index is 825. The smallest absolute Gasteiger partial charge is 0.264 e. The first-order valence-electron chi connectivity index (χ1n) is 8.23. The standard InChI is InChI=1S/C19H20BrN3O3S/c1-12(2)18(25)21-14-4-3-5-15(10-14)22-19(27)23-17(24)11-26-16-8-6-13(20)7-9-16/h3-10,12H,11H2,1-2H3,(H,21,25)(H2,22,23,24,27). The number of anilines is 2. The minimum Gasteiger partial charge on any atom is -0.484 e. The highest BCUT2D eigenvalue weighted by Crippen LogP contribution is 2.17. The second kappa shape index (κ2) is 10.0. The lowest BCUT2D eigenvalue weighted by Gasteiger charge is -2.12. The zero-order chi connectivity index (χ0) is 19.8. The molecule has 0 bridgehead atoms. The van der Waals surface area contributed by atoms with Crippen LogP contribution in [0.2, 0.25) is 0 Å². The number of hydrogen-bond acceptors (Lipinski definition) is 4. The van der Waals surface area contributed by atoms with Gasteiger partial charge in [0.25, 0.3) is 5.91 Å². The topological polar surface area (TPSA) is 79.5 Å². The third-order valence-corrected chi connectivity index (χ3v) is 4.08. The van der Waals surface area contributed by atoms with Gasteiger partial charge in [0, 0.05) is 21.8 Å². The summed E-state index contributed by atoms with van der Waals surface area (Å²) in [5, 5.41) is 8.41. The predicted molar refractivity (Wildman–Crippen MR) is 114 cm³/mol. The van der Waals surface area contributed by atoms with Crippen molar-refractivity contribution in [2.45, 2.75) is 13.8 Å². The molecule has 0 aliphatic carbocycles. The summed E-state index contributed by atoms with van der Waals surface area (Å²) in [5.41, 5.74) is 1.29. The number of hydrogen-bond donors (Lipinski definition) is 3. The Hall–Kier alpha value is -2.45. The molecule has 0 spiro atoms. The maximum absolute atomic E-state index is 11.9. The van der Waals surface area contributed by atoms with Crippen LogP contribution in [0.15, 0.2) is 53.0 Å². The first-order valence-corrected chi connectivity index (χ1v) is 9.44. The van der Waals surface area contributed by atoms with Gasteiger partial charge in [-0.1, -0.05) is 35.8 Å². The summed E-state index contributed by atoms with van der Waals surface area (Å²) in [7, 11) is 0. The number of halogens is 1. The van der Waals surface area contributed by atoms with Gasteiger partial charge in [-0.15, -0.1) is 0 Å². The van der Waals surface area contributed by atoms with E-state index in [0.29, 0.717) is 17.1 Å². The molecule has 0 saturated carbocycles. The molecule has 0 radical (unpaired) electrons. The fourth-order valence-corrected chi connectivity index (χ4v) is 2.46. The summed E-state index contributed by atoms with van der Waals surface area (Å²) >= 11 is 8.47. The molecule has 2 rings (SSSR count). The van der Waals surface area contributed by atoms with Crippen LogP contribution < -0.4 is 20.7 Å². The van der Waals surface area contributed by atoms with Gasteiger partial charge in [0.15, 0.2) is 11.7 Å². The number of amides is 2. The molecule has 0 saturated heterocycles. The molecule has 0 fully saturated rings. The van der Waals surface area contributed by atoms with E-state index >= 15 is 0 Å². The zero-order valence-electron chi connectivity index (χ0n) is 14.9. The highest BCUT2D eigenvalue weighted by Gasteiger charge is 2.09. The number of nitrogens with one attached hydrogen (secondary N) is 3. The number of benzene rings is 2. The minimum absolute atomic E-state index is 0.0758. The maximum atomic E-state index is 11.9. The SMILES string of the molecule is CC(C)C(=O)Nc1cccc(NC(=S)NC(=O)COc2ccc(Br)cc2)c1. The number of thiocarbonyl (C=S) groups is 1. The van der Waals surface area contributed by atoms with E-state index in [1.807, 2.05) is 26.0 Å². The lowest BCUT2D eigenvalue weighted by molar-refractivity contribution is -0.121. The third kappa shape index (κ3) is 7.36. The van der Waals surface area contributed by atoms with Crippen LogP contribution in [-0.4, -0.2) is 23.5 Å². The van der Waals surface area contributed by atoms with Crippen LogP contribution in [-0.2, 0) is 9.59 Å². The minimum atomic E-state index is -0.375. The van der Waals surface area contributed by atoms with Gasteiger partial charge in [0.05, 0.1) is 0 Å². The Morgan fingerprint density at radius 2 is 1.70 bits per heavy atom. The molecule has 0 heterocycles. The predicted octanol–water partition coefficient (Wildman–Crippen LogP) is 3.94. The summed E-state index contributed by atoms with van der Waals surface area (Å²) in [6, 6.07) is 14.2. The van der Waals surface area contributed by atoms with Crippen molar-refractivity contribution in [2.24, 2.45) is 5.92 Å². The van der Waals surface area contributed by atoms with Gasteiger partial charge in [-0.25, -0.2) is 0 Å². The fourth-order valence-electron chi connectivity index (χ4n) is 1.97. The van der Waals surface area contributed by atoms with Crippen molar-refractivity contribution >= 4 is 56.4 Å². The van der Waals surface area contributed by atoms with Gasteiger partial charge in [-0.05, 0) is 54.7 Å². The molecular weight excluding hydrogens is 430 g/mol. The molecule has 142 valence electrons. The molecule has 2 aromatic carbocycles. The van der Waals surface area contributed by atoms with E-state index in [1.54, 1.807) is 36.4 Å². The Morgan fingerprint density at radius 3 is 2.33 bits per heavy atom. The van der Waals surface area contributed by atoms with E-state index < -0.39 is 0 Å². The highest BCUT2D eigenvalue weighted by atomic mass is 79.9. The van der Waals surface area contributed by atoms with Crippen molar-refractivity contribution < 1.29 is 14.3 Å². The summed E-state index contributed by atoms with van der Waals surface area (Å²) in [6.07, 6.45) is 0. The van der Waals surface area contributed by atoms with Crippen LogP contribution in [0.5, 0.6) is 5.75 Å². The average Bonchev–Trinajstić information content (AvgIpc) is 2.61. The lowest BCUT2D eigenvalue weighted by atomic mass is 10.2. The molecule has 6 nitrogen and oxygen atoms in total. The number of carbonyl (C=O) groups is 2. The Balaban J connectivity index is 1.83. The molecule has 27 heavy (non-hydrogen) atoms. The zero-order valence-corrected chi connectivity index (χ0v) is 17.3. The number of ether oxygens (including phenoxy) is 1. The van der Waals surface area contributed by atoms with Crippen molar-refractivity contribution in [1.29, 1.82) is 0 Å². The molecule has 0 unspecified atom stereocenters. The molecule has 0 aliphatic heterocycles. The van der Waals surface area contributed by atoms with Crippen molar-refractivity contribution in [3.8, 4) is 5.75 Å². The highest BCUT2D eigenvalue weighted by molar-refractivity contribution is 9.10. The monoisotopic (exact) mass is 449 g/mol. The summed E-state index contributed by atoms with van der Waals surface area (Å²) in [4.78, 5) is 23.7. The van der Waals surface area contributed by atoms with Gasteiger partial charge >= 0.3 is 0 Å². The van der Waals surface area contributed by atoms with E-state index in [4.69, 9.17) is 17.0 Å². The Labute approximate surface area is 171 Å². The Kier molecular flexibility index (Phi) is 7.75. The number of rotatable bonds is 6. The Morgan fingerprint density at radius 1 is 1.07 bits per heavy atom. The first kappa shape index (κ1) is 20.9. The normalized spacial score (nSPS) is 10.2. The first-order chi connectivity index (χ1) is 12.8. The largest absolute Gasteiger partial charge is 0.484 e. The van der Waals surface area contributed by atoms with E-state index in [9.17, 15) is 9.59 Å². The van der Waals surface area contributed by atoms with Crippen molar-refractivity contribution in [2.75, 3.05) is 17.2 Å². The van der Waals surface area contributed by atoms with Crippen LogP contribution in [0, 0.1) is 5.92 Å². The average molecular weight is 450 g/mol. The van der Waals surface area contributed by atoms with E-state index in [-0.39, 0.29) is 29.5 Å². The second-order valence-electron chi connectivity index (χ2n) is 5.97. The van der Waals surface area contributed by atoms with Crippen LogP contribution in [0.25, 0.3) is 0 Å². The molecule has 0 aromatic heterocycles. The molecule has 2 aromatic rings. The van der Waals surface area contributed by atoms with E-state index in [2.05, 4.69) is 31.9 Å². The summed E-state index contributed by atoms with van der Waals surface area (Å²) < 4.78 is 6.32. The molecule has 0 aliphatic rings. The molecule has 2 amide bonds. The van der Waals surface area contributed by atoms with Crippen LogP contribution in [0.3, 0.4) is 0 Å². The van der Waals surface area contributed by atoms with Gasteiger partial charge in [-0.3, -0.25) is 14.9 Å². The van der Waals surface area contributed by atoms with Gasteiger partial charge in [0.1, 0.15) is 5.75 Å². The number of carbonyl (C=O) groups excluding carboxylic acids is 2. The van der Waals surface area contributed by atoms with Gasteiger partial charge < -0.3 is 15.4 Å². The summed E-state index contributed by atoms with van der Waals surface area (Å²) in [5.74, 6) is 0.0151. The lowest BCUT2D eigenvalue weighted by Crippen LogP contribution is -2.37. The summed E-state index contributed by atoms with van der Waals surface area (Å²) in [6.45, 7) is 3.48. The molecule has 0 atom stereocenters. The van der Waals surface area contributed by atoms with Crippen LogP contribution in [0.1, 0.15) is 13.8 Å². The van der Waals surface area contributed by atoms with Crippen molar-refractivity contribution in [1.82, 2.24) is 5.32 Å². The second-order valence-corrected chi connectivity index (χ2v) is 7.29.